The van der Waals surface area contributed by atoms with Crippen molar-refractivity contribution in [2.45, 2.75) is 0 Å². The second-order valence-corrected chi connectivity index (χ2v) is 7.19. The minimum absolute atomic E-state index is 0.160. The zero-order chi connectivity index (χ0) is 24.1. The van der Waals surface area contributed by atoms with Gasteiger partial charge in [-0.1, -0.05) is 42.5 Å². The van der Waals surface area contributed by atoms with E-state index in [0.29, 0.717) is 33.9 Å². The number of nitrogens with one attached hydrogen (secondary N) is 2. The van der Waals surface area contributed by atoms with Crippen molar-refractivity contribution in [1.29, 1.82) is 5.26 Å². The second-order valence-electron chi connectivity index (χ2n) is 7.19. The molecule has 8 nitrogen and oxygen atoms in total. The maximum atomic E-state index is 13.0. The van der Waals surface area contributed by atoms with Crippen LogP contribution in [0.25, 0.3) is 5.70 Å². The van der Waals surface area contributed by atoms with Gasteiger partial charge in [0.2, 0.25) is 0 Å². The number of hydrogen-bond acceptors (Lipinski definition) is 6. The van der Waals surface area contributed by atoms with E-state index in [1.165, 1.54) is 14.2 Å². The lowest BCUT2D eigenvalue weighted by Crippen LogP contribution is -2.30. The van der Waals surface area contributed by atoms with Crippen LogP contribution < -0.4 is 20.1 Å². The Morgan fingerprint density at radius 3 is 2.21 bits per heavy atom. The van der Waals surface area contributed by atoms with Gasteiger partial charge in [0.15, 0.2) is 11.5 Å². The molecular weight excluding hydrogens is 432 g/mol. The van der Waals surface area contributed by atoms with Gasteiger partial charge < -0.3 is 20.1 Å². The van der Waals surface area contributed by atoms with Crippen LogP contribution >= 0.6 is 0 Å². The van der Waals surface area contributed by atoms with Gasteiger partial charge in [-0.15, -0.1) is 0 Å². The van der Waals surface area contributed by atoms with Crippen LogP contribution in [0, 0.1) is 11.3 Å². The van der Waals surface area contributed by atoms with E-state index >= 15 is 0 Å². The largest absolute Gasteiger partial charge is 0.493 e. The van der Waals surface area contributed by atoms with Gasteiger partial charge in [0.25, 0.3) is 11.8 Å². The van der Waals surface area contributed by atoms with Gasteiger partial charge in [-0.05, 0) is 30.3 Å². The smallest absolute Gasteiger partial charge is 0.268 e. The fraction of sp³-hybridized carbons (Fsp3) is 0.0769. The van der Waals surface area contributed by atoms with Crippen molar-refractivity contribution in [3.63, 3.8) is 0 Å². The molecule has 0 spiro atoms. The standard InChI is InChI=1S/C26H20N4O4/c1-33-21-13-12-16(14-22(21)34-2)25(31)30-24-19-11-7-6-10-18(19)23(29-24)20(15-27)26(32)28-17-8-4-3-5-9-17/h3-14H,1-2H3,(H,28,32)(H,29,30,31). The first kappa shape index (κ1) is 22.3. The number of nitrogens with zero attached hydrogens (tertiary/aromatic N) is 2. The molecule has 4 rings (SSSR count). The normalized spacial score (nSPS) is 13.1. The SMILES string of the molecule is COc1ccc(C(=O)NC2=NC(=C(C#N)C(=O)Nc3ccccc3)c3ccccc32)cc1OC. The first-order valence-electron chi connectivity index (χ1n) is 10.3. The Labute approximate surface area is 196 Å². The number of hydrogen-bond donors (Lipinski definition) is 2. The summed E-state index contributed by atoms with van der Waals surface area (Å²) in [5.41, 5.74) is 2.09. The maximum Gasteiger partial charge on any atom is 0.268 e. The molecule has 0 aliphatic carbocycles. The zero-order valence-electron chi connectivity index (χ0n) is 18.5. The highest BCUT2D eigenvalue weighted by Gasteiger charge is 2.27. The van der Waals surface area contributed by atoms with Gasteiger partial charge in [0.05, 0.1) is 19.9 Å². The van der Waals surface area contributed by atoms with E-state index in [1.54, 1.807) is 66.7 Å². The number of benzene rings is 3. The molecule has 1 aliphatic rings. The molecule has 0 aromatic heterocycles. The molecule has 0 fully saturated rings. The Morgan fingerprint density at radius 2 is 1.53 bits per heavy atom. The summed E-state index contributed by atoms with van der Waals surface area (Å²) in [6.07, 6.45) is 0. The second kappa shape index (κ2) is 9.71. The lowest BCUT2D eigenvalue weighted by Gasteiger charge is -2.10. The Kier molecular flexibility index (Phi) is 6.37. The van der Waals surface area contributed by atoms with Crippen LogP contribution in [0.2, 0.25) is 0 Å². The highest BCUT2D eigenvalue weighted by atomic mass is 16.5. The fourth-order valence-corrected chi connectivity index (χ4v) is 3.50. The van der Waals surface area contributed by atoms with Gasteiger partial charge in [0.1, 0.15) is 17.5 Å². The molecule has 34 heavy (non-hydrogen) atoms. The molecule has 3 aromatic carbocycles. The Morgan fingerprint density at radius 1 is 0.853 bits per heavy atom. The zero-order valence-corrected chi connectivity index (χ0v) is 18.5. The van der Waals surface area contributed by atoms with Crippen LogP contribution in [0.1, 0.15) is 21.5 Å². The molecule has 8 heteroatoms. The average Bonchev–Trinajstić information content (AvgIpc) is 3.22. The third kappa shape index (κ3) is 4.36. The van der Waals surface area contributed by atoms with Crippen LogP contribution in [-0.4, -0.2) is 31.9 Å². The number of amides is 2. The summed E-state index contributed by atoms with van der Waals surface area (Å²) in [4.78, 5) is 30.3. The molecule has 1 heterocycles. The van der Waals surface area contributed by atoms with Crippen LogP contribution in [0.15, 0.2) is 83.4 Å². The molecule has 0 radical (unpaired) electrons. The van der Waals surface area contributed by atoms with Crippen molar-refractivity contribution in [3.8, 4) is 17.6 Å². The number of amidine groups is 1. The van der Waals surface area contributed by atoms with Gasteiger partial charge >= 0.3 is 0 Å². The number of aliphatic imine (C=N–C) groups is 1. The van der Waals surface area contributed by atoms with E-state index in [2.05, 4.69) is 15.6 Å². The summed E-state index contributed by atoms with van der Waals surface area (Å²) in [7, 11) is 2.99. The first-order valence-corrected chi connectivity index (χ1v) is 10.3. The van der Waals surface area contributed by atoms with Gasteiger partial charge in [-0.25, -0.2) is 4.99 Å². The van der Waals surface area contributed by atoms with E-state index < -0.39 is 11.8 Å². The predicted molar refractivity (Wildman–Crippen MR) is 128 cm³/mol. The Balaban J connectivity index is 1.68. The summed E-state index contributed by atoms with van der Waals surface area (Å²) in [6, 6.07) is 22.6. The number of methoxy groups -OCH3 is 2. The molecule has 1 aliphatic heterocycles. The topological polar surface area (TPSA) is 113 Å². The number of para-hydroxylation sites is 1. The highest BCUT2D eigenvalue weighted by Crippen LogP contribution is 2.32. The van der Waals surface area contributed by atoms with Gasteiger partial charge in [-0.3, -0.25) is 9.59 Å². The number of anilines is 1. The number of carbonyl (C=O) groups excluding carboxylic acids is 2. The lowest BCUT2D eigenvalue weighted by molar-refractivity contribution is -0.112. The van der Waals surface area contributed by atoms with Crippen LogP contribution in [0.3, 0.4) is 0 Å². The van der Waals surface area contributed by atoms with E-state index in [-0.39, 0.29) is 17.1 Å². The van der Waals surface area contributed by atoms with Crippen LogP contribution in [0.5, 0.6) is 11.5 Å². The molecule has 2 N–H and O–H groups in total. The molecule has 0 saturated heterocycles. The summed E-state index contributed by atoms with van der Waals surface area (Å²) in [6.45, 7) is 0. The molecule has 0 atom stereocenters. The summed E-state index contributed by atoms with van der Waals surface area (Å²) >= 11 is 0. The highest BCUT2D eigenvalue weighted by molar-refractivity contribution is 6.21. The lowest BCUT2D eigenvalue weighted by atomic mass is 10.0. The molecule has 0 unspecified atom stereocenters. The van der Waals surface area contributed by atoms with Gasteiger partial charge in [0, 0.05) is 22.4 Å². The molecule has 0 bridgehead atoms. The number of nitriles is 1. The summed E-state index contributed by atoms with van der Waals surface area (Å²) in [5, 5.41) is 15.2. The monoisotopic (exact) mass is 452 g/mol. The van der Waals surface area contributed by atoms with Crippen LogP contribution in [0.4, 0.5) is 5.69 Å². The first-order chi connectivity index (χ1) is 16.5. The van der Waals surface area contributed by atoms with Crippen molar-refractivity contribution < 1.29 is 19.1 Å². The van der Waals surface area contributed by atoms with E-state index in [4.69, 9.17) is 9.47 Å². The third-order valence-corrected chi connectivity index (χ3v) is 5.15. The summed E-state index contributed by atoms with van der Waals surface area (Å²) in [5.74, 6) is 0.133. The number of ether oxygens (including phenoxy) is 2. The fourth-order valence-electron chi connectivity index (χ4n) is 3.50. The molecule has 3 aromatic rings. The predicted octanol–water partition coefficient (Wildman–Crippen LogP) is 3.77. The molecule has 0 saturated carbocycles. The number of fused-ring (bicyclic) bond motifs is 1. The van der Waals surface area contributed by atoms with Crippen molar-refractivity contribution >= 4 is 29.0 Å². The Hall–Kier alpha value is -4.90. The van der Waals surface area contributed by atoms with Crippen molar-refractivity contribution in [2.75, 3.05) is 19.5 Å². The van der Waals surface area contributed by atoms with Crippen molar-refractivity contribution in [3.05, 3.63) is 95.1 Å². The van der Waals surface area contributed by atoms with Crippen molar-refractivity contribution in [2.24, 2.45) is 4.99 Å². The quantitative estimate of drug-likeness (QED) is 0.452. The average molecular weight is 452 g/mol. The minimum Gasteiger partial charge on any atom is -0.493 e. The third-order valence-electron chi connectivity index (χ3n) is 5.15. The molecule has 168 valence electrons. The minimum atomic E-state index is -0.588. The van der Waals surface area contributed by atoms with Crippen molar-refractivity contribution in [1.82, 2.24) is 5.32 Å². The Bertz CT molecular complexity index is 1370. The van der Waals surface area contributed by atoms with Crippen LogP contribution in [-0.2, 0) is 4.79 Å². The number of carbonyl (C=O) groups is 2. The molecular formula is C26H20N4O4. The van der Waals surface area contributed by atoms with E-state index in [9.17, 15) is 14.9 Å². The summed E-state index contributed by atoms with van der Waals surface area (Å²) < 4.78 is 10.5. The van der Waals surface area contributed by atoms with E-state index in [1.807, 2.05) is 12.1 Å². The van der Waals surface area contributed by atoms with Gasteiger partial charge in [-0.2, -0.15) is 5.26 Å². The maximum absolute atomic E-state index is 13.0. The number of rotatable bonds is 5. The van der Waals surface area contributed by atoms with E-state index in [0.717, 1.165) is 0 Å². The molecule has 2 amide bonds.